The molecule has 0 atom stereocenters. The summed E-state index contributed by atoms with van der Waals surface area (Å²) >= 11 is 1.52. The van der Waals surface area contributed by atoms with Gasteiger partial charge in [-0.05, 0) is 36.4 Å². The molecule has 0 saturated heterocycles. The highest BCUT2D eigenvalue weighted by molar-refractivity contribution is 7.90. The molecule has 0 spiro atoms. The predicted molar refractivity (Wildman–Crippen MR) is 99.4 cm³/mol. The highest BCUT2D eigenvalue weighted by atomic mass is 32.2. The maximum atomic E-state index is 12.3. The van der Waals surface area contributed by atoms with Gasteiger partial charge < -0.3 is 10.6 Å². The Morgan fingerprint density at radius 3 is 2.64 bits per heavy atom. The third kappa shape index (κ3) is 2.79. The molecule has 1 aromatic heterocycles. The molecule has 2 heterocycles. The number of carbonyl (C=O) groups is 1. The Morgan fingerprint density at radius 1 is 1.16 bits per heavy atom. The van der Waals surface area contributed by atoms with Crippen molar-refractivity contribution >= 4 is 54.2 Å². The average molecular weight is 371 g/mol. The van der Waals surface area contributed by atoms with Gasteiger partial charge in [0.2, 0.25) is 0 Å². The smallest absolute Gasteiger partial charge is 0.257 e. The van der Waals surface area contributed by atoms with E-state index >= 15 is 0 Å². The fourth-order valence-corrected chi connectivity index (χ4v) is 4.02. The van der Waals surface area contributed by atoms with Crippen molar-refractivity contribution < 1.29 is 13.2 Å². The Bertz CT molecular complexity index is 1130. The van der Waals surface area contributed by atoms with Crippen molar-refractivity contribution in [1.82, 2.24) is 4.98 Å². The molecule has 3 aromatic rings. The molecule has 2 N–H and O–H groups in total. The van der Waals surface area contributed by atoms with E-state index in [-0.39, 0.29) is 10.8 Å². The van der Waals surface area contributed by atoms with Crippen LogP contribution in [0, 0.1) is 0 Å². The number of amides is 1. The summed E-state index contributed by atoms with van der Waals surface area (Å²) in [6.07, 6.45) is 2.78. The number of sulfone groups is 1. The zero-order valence-corrected chi connectivity index (χ0v) is 14.7. The van der Waals surface area contributed by atoms with Gasteiger partial charge in [-0.15, -0.1) is 11.3 Å². The van der Waals surface area contributed by atoms with Crippen molar-refractivity contribution in [2.24, 2.45) is 0 Å². The summed E-state index contributed by atoms with van der Waals surface area (Å²) in [6, 6.07) is 10.2. The molecule has 25 heavy (non-hydrogen) atoms. The number of rotatable bonds is 3. The minimum Gasteiger partial charge on any atom is -0.361 e. The number of nitrogens with zero attached hydrogens (tertiary/aromatic N) is 1. The molecule has 4 rings (SSSR count). The van der Waals surface area contributed by atoms with E-state index in [0.717, 1.165) is 27.7 Å². The van der Waals surface area contributed by atoms with Crippen molar-refractivity contribution in [3.8, 4) is 0 Å². The predicted octanol–water partition coefficient (Wildman–Crippen LogP) is 3.10. The van der Waals surface area contributed by atoms with E-state index in [1.807, 2.05) is 12.1 Å². The first kappa shape index (κ1) is 15.8. The summed E-state index contributed by atoms with van der Waals surface area (Å²) in [5.41, 5.74) is 5.25. The van der Waals surface area contributed by atoms with Crippen LogP contribution in [0.4, 0.5) is 11.4 Å². The lowest BCUT2D eigenvalue weighted by atomic mass is 10.1. The van der Waals surface area contributed by atoms with Gasteiger partial charge in [0.15, 0.2) is 9.84 Å². The van der Waals surface area contributed by atoms with Crippen LogP contribution in [-0.4, -0.2) is 25.6 Å². The van der Waals surface area contributed by atoms with Crippen LogP contribution >= 0.6 is 11.3 Å². The van der Waals surface area contributed by atoms with Gasteiger partial charge in [-0.25, -0.2) is 13.4 Å². The van der Waals surface area contributed by atoms with E-state index < -0.39 is 9.84 Å². The van der Waals surface area contributed by atoms with Gasteiger partial charge in [0.25, 0.3) is 5.91 Å². The van der Waals surface area contributed by atoms with Crippen molar-refractivity contribution in [1.29, 1.82) is 0 Å². The second kappa shape index (κ2) is 5.68. The number of benzene rings is 2. The van der Waals surface area contributed by atoms with Crippen molar-refractivity contribution in [3.05, 3.63) is 53.7 Å². The Morgan fingerprint density at radius 2 is 1.92 bits per heavy atom. The topological polar surface area (TPSA) is 88.2 Å². The number of nitrogens with one attached hydrogen (secondary N) is 2. The van der Waals surface area contributed by atoms with E-state index in [0.29, 0.717) is 11.3 Å². The number of aromatic nitrogens is 1. The number of thiazole rings is 1. The first-order valence-electron chi connectivity index (χ1n) is 7.38. The molecular weight excluding hydrogens is 358 g/mol. The van der Waals surface area contributed by atoms with Crippen molar-refractivity contribution in [2.75, 3.05) is 16.9 Å². The third-order valence-electron chi connectivity index (χ3n) is 3.93. The van der Waals surface area contributed by atoms with Gasteiger partial charge in [0, 0.05) is 23.7 Å². The fraction of sp³-hybridized carbons (Fsp3) is 0.0588. The molecule has 6 nitrogen and oxygen atoms in total. The van der Waals surface area contributed by atoms with Crippen LogP contribution in [0.5, 0.6) is 0 Å². The molecule has 1 aliphatic heterocycles. The number of fused-ring (bicyclic) bond motifs is 3. The van der Waals surface area contributed by atoms with E-state index in [9.17, 15) is 13.2 Å². The lowest BCUT2D eigenvalue weighted by Gasteiger charge is -2.04. The maximum absolute atomic E-state index is 12.3. The summed E-state index contributed by atoms with van der Waals surface area (Å²) in [5.74, 6) is -0.198. The lowest BCUT2D eigenvalue weighted by molar-refractivity contribution is -0.110. The highest BCUT2D eigenvalue weighted by Crippen LogP contribution is 2.38. The van der Waals surface area contributed by atoms with Crippen LogP contribution in [0.1, 0.15) is 5.56 Å². The molecule has 0 bridgehead atoms. The molecule has 0 radical (unpaired) electrons. The van der Waals surface area contributed by atoms with E-state index in [1.54, 1.807) is 23.8 Å². The Hall–Kier alpha value is -2.71. The quantitative estimate of drug-likeness (QED) is 0.691. The van der Waals surface area contributed by atoms with Gasteiger partial charge in [0.05, 0.1) is 31.9 Å². The minimum absolute atomic E-state index is 0.198. The van der Waals surface area contributed by atoms with Crippen LogP contribution < -0.4 is 10.6 Å². The molecule has 0 unspecified atom stereocenters. The van der Waals surface area contributed by atoms with Gasteiger partial charge in [-0.1, -0.05) is 0 Å². The zero-order chi connectivity index (χ0) is 17.6. The molecule has 1 amide bonds. The molecule has 0 fully saturated rings. The summed E-state index contributed by atoms with van der Waals surface area (Å²) in [6.45, 7) is 0. The zero-order valence-electron chi connectivity index (χ0n) is 13.1. The molecule has 8 heteroatoms. The molecular formula is C17H13N3O3S2. The lowest BCUT2D eigenvalue weighted by Crippen LogP contribution is -2.05. The van der Waals surface area contributed by atoms with E-state index in [1.165, 1.54) is 23.5 Å². The van der Waals surface area contributed by atoms with Gasteiger partial charge in [-0.2, -0.15) is 0 Å². The number of hydrogen-bond acceptors (Lipinski definition) is 6. The molecule has 2 aromatic carbocycles. The molecule has 0 saturated carbocycles. The number of carbonyl (C=O) groups excluding carboxylic acids is 1. The SMILES string of the molecule is CS(=O)(=O)c1ccc(N/C=C2\C(=O)Nc3ccc4scnc4c32)cc1. The normalized spacial score (nSPS) is 15.4. The number of anilines is 2. The van der Waals surface area contributed by atoms with E-state index in [2.05, 4.69) is 15.6 Å². The monoisotopic (exact) mass is 371 g/mol. The second-order valence-corrected chi connectivity index (χ2v) is 8.54. The third-order valence-corrected chi connectivity index (χ3v) is 5.85. The summed E-state index contributed by atoms with van der Waals surface area (Å²) in [4.78, 5) is 16.9. The summed E-state index contributed by atoms with van der Waals surface area (Å²) in [7, 11) is -3.23. The maximum Gasteiger partial charge on any atom is 0.257 e. The van der Waals surface area contributed by atoms with Crippen LogP contribution in [0.15, 0.2) is 53.0 Å². The molecule has 0 aliphatic carbocycles. The van der Waals surface area contributed by atoms with Crippen LogP contribution in [0.25, 0.3) is 15.8 Å². The Kier molecular flexibility index (Phi) is 3.59. The van der Waals surface area contributed by atoms with Crippen LogP contribution in [0.2, 0.25) is 0 Å². The fourth-order valence-electron chi connectivity index (χ4n) is 2.70. The van der Waals surface area contributed by atoms with Gasteiger partial charge in [-0.3, -0.25) is 4.79 Å². The summed E-state index contributed by atoms with van der Waals surface area (Å²) < 4.78 is 24.0. The molecule has 1 aliphatic rings. The Labute approximate surface area is 148 Å². The first-order chi connectivity index (χ1) is 11.9. The van der Waals surface area contributed by atoms with Crippen molar-refractivity contribution in [3.63, 3.8) is 0 Å². The highest BCUT2D eigenvalue weighted by Gasteiger charge is 2.27. The average Bonchev–Trinajstić information content (AvgIpc) is 3.15. The van der Waals surface area contributed by atoms with Crippen LogP contribution in [0.3, 0.4) is 0 Å². The van der Waals surface area contributed by atoms with Crippen LogP contribution in [-0.2, 0) is 14.6 Å². The first-order valence-corrected chi connectivity index (χ1v) is 10.2. The van der Waals surface area contributed by atoms with Crippen molar-refractivity contribution in [2.45, 2.75) is 4.90 Å². The number of hydrogen-bond donors (Lipinski definition) is 2. The van der Waals surface area contributed by atoms with Gasteiger partial charge in [0.1, 0.15) is 0 Å². The Balaban J connectivity index is 1.69. The largest absolute Gasteiger partial charge is 0.361 e. The molecule has 126 valence electrons. The van der Waals surface area contributed by atoms with Gasteiger partial charge >= 0.3 is 0 Å². The summed E-state index contributed by atoms with van der Waals surface area (Å²) in [5, 5.41) is 5.88. The standard InChI is InChI=1S/C17H13N3O3S2/c1-25(22,23)11-4-2-10(3-5-11)18-8-12-15-13(20-17(12)21)6-7-14-16(15)19-9-24-14/h2-9,18H,1H3,(H,20,21)/b12-8-. The minimum atomic E-state index is -3.23. The van der Waals surface area contributed by atoms with E-state index in [4.69, 9.17) is 0 Å². The second-order valence-electron chi connectivity index (χ2n) is 5.64.